The minimum atomic E-state index is -1.39. The Balaban J connectivity index is 4.43. The van der Waals surface area contributed by atoms with E-state index in [9.17, 15) is 19.2 Å². The van der Waals surface area contributed by atoms with E-state index < -0.39 is 24.5 Å². The van der Waals surface area contributed by atoms with Crippen molar-refractivity contribution in [1.82, 2.24) is 10.6 Å². The standard InChI is InChI=1S/C42H70N2O7/c1-3-5-7-9-11-13-14-15-16-17-18-20-22-24-30-34-41(48)51-37(31-27-23-21-19-12-10-8-6-4-2)32-28-25-26-29-33-39(46)43-35-40(47)44-38(36-45)42(49)50/h5,7,11,13,15-16,18,20,27,31,37-38,45H,3-4,6,8-10,12,14,17,19,21-26,28-30,32-36H2,1-2H3,(H,43,46)(H,44,47)(H,49,50)/b7-5-,13-11-,16-15-,20-18-,31-27-. The summed E-state index contributed by atoms with van der Waals surface area (Å²) in [6.07, 6.45) is 42.6. The minimum Gasteiger partial charge on any atom is -0.480 e. The second-order valence-electron chi connectivity index (χ2n) is 13.0. The average molecular weight is 715 g/mol. The van der Waals surface area contributed by atoms with Gasteiger partial charge in [-0.3, -0.25) is 14.4 Å². The molecular weight excluding hydrogens is 644 g/mol. The van der Waals surface area contributed by atoms with Crippen LogP contribution in [-0.4, -0.2) is 59.3 Å². The molecule has 0 rings (SSSR count). The largest absolute Gasteiger partial charge is 0.480 e. The second-order valence-corrected chi connectivity index (χ2v) is 13.0. The Morgan fingerprint density at radius 2 is 1.18 bits per heavy atom. The normalized spacial score (nSPS) is 13.2. The molecule has 0 aliphatic rings. The average Bonchev–Trinajstić information content (AvgIpc) is 3.11. The zero-order chi connectivity index (χ0) is 37.6. The predicted octanol–water partition coefficient (Wildman–Crippen LogP) is 8.98. The number of allylic oxidation sites excluding steroid dienone is 9. The van der Waals surface area contributed by atoms with Crippen molar-refractivity contribution in [1.29, 1.82) is 0 Å². The molecule has 9 nitrogen and oxygen atoms in total. The van der Waals surface area contributed by atoms with Gasteiger partial charge in [0, 0.05) is 12.8 Å². The van der Waals surface area contributed by atoms with E-state index in [1.165, 1.54) is 38.5 Å². The molecule has 0 heterocycles. The fraction of sp³-hybridized carbons (Fsp3) is 0.667. The lowest BCUT2D eigenvalue weighted by Crippen LogP contribution is -2.47. The first kappa shape index (κ1) is 47.5. The Hall–Kier alpha value is -3.46. The summed E-state index contributed by atoms with van der Waals surface area (Å²) in [7, 11) is 0. The lowest BCUT2D eigenvalue weighted by Gasteiger charge is -2.15. The molecule has 290 valence electrons. The summed E-state index contributed by atoms with van der Waals surface area (Å²) in [5, 5.41) is 22.5. The molecule has 51 heavy (non-hydrogen) atoms. The van der Waals surface area contributed by atoms with Crippen molar-refractivity contribution in [2.45, 2.75) is 167 Å². The van der Waals surface area contributed by atoms with E-state index in [4.69, 9.17) is 14.9 Å². The molecule has 0 bridgehead atoms. The van der Waals surface area contributed by atoms with E-state index in [2.05, 4.69) is 85.2 Å². The molecule has 4 N–H and O–H groups in total. The highest BCUT2D eigenvalue weighted by Gasteiger charge is 2.18. The van der Waals surface area contributed by atoms with Gasteiger partial charge in [0.15, 0.2) is 0 Å². The van der Waals surface area contributed by atoms with Gasteiger partial charge in [0.2, 0.25) is 11.8 Å². The lowest BCUT2D eigenvalue weighted by molar-refractivity contribution is -0.147. The highest BCUT2D eigenvalue weighted by Crippen LogP contribution is 2.14. The number of amides is 2. The Morgan fingerprint density at radius 1 is 0.627 bits per heavy atom. The highest BCUT2D eigenvalue weighted by atomic mass is 16.5. The van der Waals surface area contributed by atoms with Crippen LogP contribution in [0.5, 0.6) is 0 Å². The lowest BCUT2D eigenvalue weighted by atomic mass is 10.1. The van der Waals surface area contributed by atoms with Crippen LogP contribution in [0, 0.1) is 0 Å². The number of unbranched alkanes of at least 4 members (excludes halogenated alkanes) is 12. The van der Waals surface area contributed by atoms with Gasteiger partial charge in [0.05, 0.1) is 13.2 Å². The summed E-state index contributed by atoms with van der Waals surface area (Å²) < 4.78 is 5.87. The van der Waals surface area contributed by atoms with Gasteiger partial charge < -0.3 is 25.6 Å². The maximum atomic E-state index is 12.7. The van der Waals surface area contributed by atoms with Gasteiger partial charge in [-0.2, -0.15) is 0 Å². The van der Waals surface area contributed by atoms with Crippen LogP contribution in [0.15, 0.2) is 60.8 Å². The van der Waals surface area contributed by atoms with Gasteiger partial charge in [-0.1, -0.05) is 120 Å². The minimum absolute atomic E-state index is 0.153. The van der Waals surface area contributed by atoms with Gasteiger partial charge in [0.1, 0.15) is 12.1 Å². The number of aliphatic hydroxyl groups is 1. The van der Waals surface area contributed by atoms with Crippen LogP contribution < -0.4 is 10.6 Å². The van der Waals surface area contributed by atoms with Crippen LogP contribution in [-0.2, 0) is 23.9 Å². The summed E-state index contributed by atoms with van der Waals surface area (Å²) in [6, 6.07) is -1.39. The molecular formula is C42H70N2O7. The van der Waals surface area contributed by atoms with E-state index in [1.54, 1.807) is 0 Å². The SMILES string of the molecule is CC/C=C\C/C=C\C/C=C\C/C=C\CCCCC(=O)OC(/C=C\CCCCCCCCC)CCCCCCC(=O)NCC(=O)NC(CO)C(=O)O. The number of hydrogen-bond acceptors (Lipinski definition) is 6. The Kier molecular flexibility index (Phi) is 33.9. The van der Waals surface area contributed by atoms with Crippen LogP contribution in [0.3, 0.4) is 0 Å². The topological polar surface area (TPSA) is 142 Å². The molecule has 0 radical (unpaired) electrons. The molecule has 0 aromatic heterocycles. The molecule has 2 atom stereocenters. The van der Waals surface area contributed by atoms with Gasteiger partial charge in [0.25, 0.3) is 0 Å². The van der Waals surface area contributed by atoms with Crippen LogP contribution >= 0.6 is 0 Å². The first-order valence-corrected chi connectivity index (χ1v) is 19.7. The number of carbonyl (C=O) groups is 4. The van der Waals surface area contributed by atoms with Crippen molar-refractivity contribution in [2.75, 3.05) is 13.2 Å². The summed E-state index contributed by atoms with van der Waals surface area (Å²) in [4.78, 5) is 47.4. The smallest absolute Gasteiger partial charge is 0.328 e. The van der Waals surface area contributed by atoms with Crippen molar-refractivity contribution in [3.63, 3.8) is 0 Å². The van der Waals surface area contributed by atoms with Crippen LogP contribution in [0.25, 0.3) is 0 Å². The fourth-order valence-corrected chi connectivity index (χ4v) is 5.20. The number of aliphatic hydroxyl groups excluding tert-OH is 1. The van der Waals surface area contributed by atoms with E-state index in [1.807, 2.05) is 0 Å². The molecule has 0 aromatic rings. The molecule has 2 unspecified atom stereocenters. The summed E-state index contributed by atoms with van der Waals surface area (Å²) in [5.41, 5.74) is 0. The fourth-order valence-electron chi connectivity index (χ4n) is 5.20. The number of carboxylic acid groups (broad SMARTS) is 1. The van der Waals surface area contributed by atoms with E-state index in [0.29, 0.717) is 12.8 Å². The molecule has 0 saturated heterocycles. The molecule has 0 aromatic carbocycles. The van der Waals surface area contributed by atoms with Crippen molar-refractivity contribution >= 4 is 23.8 Å². The molecule has 0 aliphatic heterocycles. The summed E-state index contributed by atoms with van der Waals surface area (Å²) >= 11 is 0. The third-order valence-electron chi connectivity index (χ3n) is 8.23. The van der Waals surface area contributed by atoms with Crippen LogP contribution in [0.1, 0.15) is 155 Å². The molecule has 2 amide bonds. The second kappa shape index (κ2) is 36.3. The predicted molar refractivity (Wildman–Crippen MR) is 208 cm³/mol. The van der Waals surface area contributed by atoms with E-state index >= 15 is 0 Å². The number of rotatable bonds is 34. The first-order chi connectivity index (χ1) is 24.8. The number of ether oxygens (including phenoxy) is 1. The molecule has 9 heteroatoms. The number of carbonyl (C=O) groups excluding carboxylic acids is 3. The maximum absolute atomic E-state index is 12.7. The Bertz CT molecular complexity index is 1050. The van der Waals surface area contributed by atoms with Crippen molar-refractivity contribution < 1.29 is 34.1 Å². The Morgan fingerprint density at radius 3 is 1.82 bits per heavy atom. The van der Waals surface area contributed by atoms with Gasteiger partial charge in [-0.05, 0) is 83.1 Å². The number of carboxylic acids is 1. The van der Waals surface area contributed by atoms with Crippen molar-refractivity contribution in [3.8, 4) is 0 Å². The van der Waals surface area contributed by atoms with Crippen molar-refractivity contribution in [3.05, 3.63) is 60.8 Å². The van der Waals surface area contributed by atoms with Crippen LogP contribution in [0.4, 0.5) is 0 Å². The molecule has 0 fully saturated rings. The third-order valence-corrected chi connectivity index (χ3v) is 8.23. The summed E-state index contributed by atoms with van der Waals surface area (Å²) in [6.45, 7) is 3.30. The molecule has 0 spiro atoms. The third kappa shape index (κ3) is 33.4. The number of nitrogens with one attached hydrogen (secondary N) is 2. The quantitative estimate of drug-likeness (QED) is 0.0296. The highest BCUT2D eigenvalue weighted by molar-refractivity contribution is 5.87. The summed E-state index contributed by atoms with van der Waals surface area (Å²) in [5.74, 6) is -2.45. The van der Waals surface area contributed by atoms with Gasteiger partial charge >= 0.3 is 11.9 Å². The zero-order valence-electron chi connectivity index (χ0n) is 31.8. The van der Waals surface area contributed by atoms with Gasteiger partial charge in [-0.25, -0.2) is 4.79 Å². The molecule has 0 saturated carbocycles. The number of esters is 1. The maximum Gasteiger partial charge on any atom is 0.328 e. The van der Waals surface area contributed by atoms with Crippen LogP contribution in [0.2, 0.25) is 0 Å². The number of aliphatic carboxylic acids is 1. The van der Waals surface area contributed by atoms with Crippen molar-refractivity contribution in [2.24, 2.45) is 0 Å². The molecule has 0 aliphatic carbocycles. The van der Waals surface area contributed by atoms with Gasteiger partial charge in [-0.15, -0.1) is 0 Å². The first-order valence-electron chi connectivity index (χ1n) is 19.7. The van der Waals surface area contributed by atoms with E-state index in [0.717, 1.165) is 83.5 Å². The monoisotopic (exact) mass is 715 g/mol. The Labute approximate surface area is 309 Å². The zero-order valence-corrected chi connectivity index (χ0v) is 31.8. The van der Waals surface area contributed by atoms with E-state index in [-0.39, 0.29) is 30.9 Å². The number of hydrogen-bond donors (Lipinski definition) is 4.